The highest BCUT2D eigenvalue weighted by atomic mass is 16.5. The third-order valence-electron chi connectivity index (χ3n) is 5.35. The zero-order chi connectivity index (χ0) is 13.7. The fourth-order valence-corrected chi connectivity index (χ4v) is 3.98. The van der Waals surface area contributed by atoms with Gasteiger partial charge in [-0.2, -0.15) is 0 Å². The highest BCUT2D eigenvalue weighted by Gasteiger charge is 2.44. The van der Waals surface area contributed by atoms with Crippen LogP contribution < -0.4 is 5.32 Å². The summed E-state index contributed by atoms with van der Waals surface area (Å²) < 4.78 is 17.5. The van der Waals surface area contributed by atoms with Gasteiger partial charge in [-0.1, -0.05) is 0 Å². The smallest absolute Gasteiger partial charge is 0.0736 e. The molecule has 3 fully saturated rings. The Bertz CT molecular complexity index is 285. The van der Waals surface area contributed by atoms with Crippen LogP contribution in [0.4, 0.5) is 0 Å². The quantitative estimate of drug-likeness (QED) is 0.783. The molecule has 1 atom stereocenters. The second-order valence-electron chi connectivity index (χ2n) is 6.57. The SMILES string of the molecule is C1CC2(CCN1)OCCC2CCOCC1CCOCC1. The predicted octanol–water partition coefficient (Wildman–Crippen LogP) is 1.98. The Balaban J connectivity index is 1.37. The Morgan fingerprint density at radius 2 is 1.85 bits per heavy atom. The monoisotopic (exact) mass is 283 g/mol. The molecule has 1 unspecified atom stereocenters. The molecular formula is C16H29NO3. The molecule has 0 radical (unpaired) electrons. The van der Waals surface area contributed by atoms with Crippen molar-refractivity contribution in [1.82, 2.24) is 5.32 Å². The largest absolute Gasteiger partial charge is 0.381 e. The molecule has 0 amide bonds. The van der Waals surface area contributed by atoms with Crippen molar-refractivity contribution in [2.24, 2.45) is 11.8 Å². The van der Waals surface area contributed by atoms with Gasteiger partial charge >= 0.3 is 0 Å². The summed E-state index contributed by atoms with van der Waals surface area (Å²) in [6.07, 6.45) is 7.09. The van der Waals surface area contributed by atoms with E-state index in [1.807, 2.05) is 0 Å². The Morgan fingerprint density at radius 3 is 2.65 bits per heavy atom. The summed E-state index contributed by atoms with van der Waals surface area (Å²) in [7, 11) is 0. The number of hydrogen-bond acceptors (Lipinski definition) is 4. The van der Waals surface area contributed by atoms with Gasteiger partial charge in [0.15, 0.2) is 0 Å². The van der Waals surface area contributed by atoms with E-state index in [0.717, 1.165) is 52.0 Å². The van der Waals surface area contributed by atoms with E-state index in [1.165, 1.54) is 38.5 Å². The van der Waals surface area contributed by atoms with E-state index in [0.29, 0.717) is 5.92 Å². The van der Waals surface area contributed by atoms with Gasteiger partial charge in [0.25, 0.3) is 0 Å². The molecule has 0 aliphatic carbocycles. The van der Waals surface area contributed by atoms with Gasteiger partial charge in [0.05, 0.1) is 5.60 Å². The van der Waals surface area contributed by atoms with Gasteiger partial charge < -0.3 is 19.5 Å². The lowest BCUT2D eigenvalue weighted by Gasteiger charge is -2.38. The number of piperidine rings is 1. The fraction of sp³-hybridized carbons (Fsp3) is 1.00. The summed E-state index contributed by atoms with van der Waals surface area (Å²) in [6.45, 7) is 6.83. The number of ether oxygens (including phenoxy) is 3. The minimum Gasteiger partial charge on any atom is -0.381 e. The fourth-order valence-electron chi connectivity index (χ4n) is 3.98. The Hall–Kier alpha value is -0.160. The van der Waals surface area contributed by atoms with Crippen molar-refractivity contribution < 1.29 is 14.2 Å². The molecule has 4 heteroatoms. The van der Waals surface area contributed by atoms with Gasteiger partial charge in [-0.25, -0.2) is 0 Å². The maximum Gasteiger partial charge on any atom is 0.0736 e. The van der Waals surface area contributed by atoms with Crippen molar-refractivity contribution in [2.75, 3.05) is 46.1 Å². The van der Waals surface area contributed by atoms with Crippen LogP contribution in [-0.2, 0) is 14.2 Å². The first-order valence-corrected chi connectivity index (χ1v) is 8.39. The van der Waals surface area contributed by atoms with E-state index in [4.69, 9.17) is 14.2 Å². The van der Waals surface area contributed by atoms with E-state index in [-0.39, 0.29) is 5.60 Å². The topological polar surface area (TPSA) is 39.7 Å². The Labute approximate surface area is 122 Å². The second kappa shape index (κ2) is 7.21. The van der Waals surface area contributed by atoms with Gasteiger partial charge in [0, 0.05) is 33.0 Å². The van der Waals surface area contributed by atoms with Gasteiger partial charge in [-0.15, -0.1) is 0 Å². The van der Waals surface area contributed by atoms with E-state index < -0.39 is 0 Å². The lowest BCUT2D eigenvalue weighted by molar-refractivity contribution is -0.0531. The van der Waals surface area contributed by atoms with Crippen molar-refractivity contribution >= 4 is 0 Å². The van der Waals surface area contributed by atoms with Crippen molar-refractivity contribution in [3.05, 3.63) is 0 Å². The third-order valence-corrected chi connectivity index (χ3v) is 5.35. The van der Waals surface area contributed by atoms with Crippen LogP contribution in [-0.4, -0.2) is 51.7 Å². The maximum absolute atomic E-state index is 6.13. The molecule has 0 bridgehead atoms. The minimum absolute atomic E-state index is 0.174. The van der Waals surface area contributed by atoms with Gasteiger partial charge in [-0.05, 0) is 63.5 Å². The van der Waals surface area contributed by atoms with Crippen LogP contribution in [0.3, 0.4) is 0 Å². The lowest BCUT2D eigenvalue weighted by atomic mass is 9.78. The summed E-state index contributed by atoms with van der Waals surface area (Å²) >= 11 is 0. The van der Waals surface area contributed by atoms with E-state index in [2.05, 4.69) is 5.32 Å². The normalized spacial score (nSPS) is 30.9. The molecule has 1 N–H and O–H groups in total. The van der Waals surface area contributed by atoms with Crippen LogP contribution in [0.25, 0.3) is 0 Å². The first kappa shape index (κ1) is 14.8. The highest BCUT2D eigenvalue weighted by Crippen LogP contribution is 2.40. The standard InChI is InChI=1S/C16H29NO3/c1-9-18-10-2-14(1)13-19-11-3-15-4-12-20-16(15)5-7-17-8-6-16/h14-15,17H,1-13H2. The molecule has 3 aliphatic rings. The molecule has 3 heterocycles. The number of nitrogens with one attached hydrogen (secondary N) is 1. The van der Waals surface area contributed by atoms with E-state index in [9.17, 15) is 0 Å². The van der Waals surface area contributed by atoms with E-state index >= 15 is 0 Å². The van der Waals surface area contributed by atoms with Crippen LogP contribution in [0.15, 0.2) is 0 Å². The Kier molecular flexibility index (Phi) is 5.32. The van der Waals surface area contributed by atoms with Crippen LogP contribution >= 0.6 is 0 Å². The molecule has 3 saturated heterocycles. The molecule has 4 nitrogen and oxygen atoms in total. The average Bonchev–Trinajstić information content (AvgIpc) is 2.88. The molecule has 20 heavy (non-hydrogen) atoms. The zero-order valence-electron chi connectivity index (χ0n) is 12.6. The second-order valence-corrected chi connectivity index (χ2v) is 6.57. The summed E-state index contributed by atoms with van der Waals surface area (Å²) in [5, 5.41) is 3.44. The molecule has 1 spiro atoms. The molecular weight excluding hydrogens is 254 g/mol. The molecule has 0 saturated carbocycles. The maximum atomic E-state index is 6.13. The van der Waals surface area contributed by atoms with Gasteiger partial charge in [0.1, 0.15) is 0 Å². The summed E-state index contributed by atoms with van der Waals surface area (Å²) in [6, 6.07) is 0. The van der Waals surface area contributed by atoms with Crippen LogP contribution in [0.2, 0.25) is 0 Å². The van der Waals surface area contributed by atoms with Crippen LogP contribution in [0.5, 0.6) is 0 Å². The molecule has 3 aliphatic heterocycles. The van der Waals surface area contributed by atoms with Crippen LogP contribution in [0.1, 0.15) is 38.5 Å². The zero-order valence-corrected chi connectivity index (χ0v) is 12.6. The number of rotatable bonds is 5. The molecule has 116 valence electrons. The molecule has 0 aromatic heterocycles. The average molecular weight is 283 g/mol. The van der Waals surface area contributed by atoms with Gasteiger partial charge in [0.2, 0.25) is 0 Å². The third kappa shape index (κ3) is 3.53. The van der Waals surface area contributed by atoms with Crippen molar-refractivity contribution in [3.8, 4) is 0 Å². The predicted molar refractivity (Wildman–Crippen MR) is 77.9 cm³/mol. The lowest BCUT2D eigenvalue weighted by Crippen LogP contribution is -2.46. The summed E-state index contributed by atoms with van der Waals surface area (Å²) in [5.41, 5.74) is 0.174. The highest BCUT2D eigenvalue weighted by molar-refractivity contribution is 4.95. The van der Waals surface area contributed by atoms with E-state index in [1.54, 1.807) is 0 Å². The first-order valence-electron chi connectivity index (χ1n) is 8.39. The van der Waals surface area contributed by atoms with Crippen molar-refractivity contribution in [3.63, 3.8) is 0 Å². The number of hydrogen-bond donors (Lipinski definition) is 1. The summed E-state index contributed by atoms with van der Waals surface area (Å²) in [5.74, 6) is 1.43. The van der Waals surface area contributed by atoms with Crippen molar-refractivity contribution in [2.45, 2.75) is 44.1 Å². The Morgan fingerprint density at radius 1 is 1.05 bits per heavy atom. The first-order chi connectivity index (χ1) is 9.89. The minimum atomic E-state index is 0.174. The molecule has 0 aromatic rings. The molecule has 3 rings (SSSR count). The van der Waals surface area contributed by atoms with Crippen molar-refractivity contribution in [1.29, 1.82) is 0 Å². The summed E-state index contributed by atoms with van der Waals surface area (Å²) in [4.78, 5) is 0. The van der Waals surface area contributed by atoms with Gasteiger partial charge in [-0.3, -0.25) is 0 Å². The molecule has 0 aromatic carbocycles. The van der Waals surface area contributed by atoms with Crippen LogP contribution in [0, 0.1) is 11.8 Å².